The lowest BCUT2D eigenvalue weighted by Gasteiger charge is -2.03. The normalized spacial score (nSPS) is 24.1. The quantitative estimate of drug-likeness (QED) is 0.571. The molecule has 0 aliphatic carbocycles. The topological polar surface area (TPSA) is 31.2 Å². The van der Waals surface area contributed by atoms with Gasteiger partial charge in [-0.05, 0) is 18.4 Å². The monoisotopic (exact) mass is 205 g/mol. The average molecular weight is 205 g/mol. The Morgan fingerprint density at radius 3 is 2.67 bits per heavy atom. The molecule has 1 heterocycles. The van der Waals surface area contributed by atoms with Crippen molar-refractivity contribution in [2.24, 2.45) is 0 Å². The summed E-state index contributed by atoms with van der Waals surface area (Å²) in [4.78, 5) is 0. The molecule has 2 atom stereocenters. The molecule has 15 heavy (non-hydrogen) atoms. The molecule has 2 nitrogen and oxygen atoms in total. The van der Waals surface area contributed by atoms with Crippen LogP contribution >= 0.6 is 0 Å². The Hall–Kier alpha value is -0.860. The van der Waals surface area contributed by atoms with Crippen LogP contribution in [0, 0.1) is 0 Å². The fourth-order valence-electron chi connectivity index (χ4n) is 1.88. The number of hydrogen-bond acceptors (Lipinski definition) is 2. The molecular weight excluding hydrogens is 186 g/mol. The third-order valence-corrected chi connectivity index (χ3v) is 2.93. The molecule has 1 N–H and O–H groups in total. The molecule has 1 aliphatic heterocycles. The summed E-state index contributed by atoms with van der Waals surface area (Å²) in [6.45, 7) is 3.83. The van der Waals surface area contributed by atoms with Gasteiger partial charge < -0.3 is 10.1 Å². The predicted octanol–water partition coefficient (Wildman–Crippen LogP) is 2.34. The molecular formula is C13H19NO. The predicted molar refractivity (Wildman–Crippen MR) is 61.7 cm³/mol. The van der Waals surface area contributed by atoms with Crippen LogP contribution in [0.4, 0.5) is 0 Å². The minimum atomic E-state index is 0.714. The van der Waals surface area contributed by atoms with Gasteiger partial charge in [0.15, 0.2) is 0 Å². The van der Waals surface area contributed by atoms with E-state index >= 15 is 0 Å². The van der Waals surface area contributed by atoms with Gasteiger partial charge in [0.2, 0.25) is 0 Å². The summed E-state index contributed by atoms with van der Waals surface area (Å²) < 4.78 is 5.62. The fourth-order valence-corrected chi connectivity index (χ4v) is 1.88. The maximum atomic E-state index is 5.62. The van der Waals surface area contributed by atoms with E-state index in [9.17, 15) is 0 Å². The fraction of sp³-hybridized carbons (Fsp3) is 0.538. The van der Waals surface area contributed by atoms with Crippen LogP contribution in [0.1, 0.15) is 25.3 Å². The lowest BCUT2D eigenvalue weighted by Crippen LogP contribution is -2.01. The minimum absolute atomic E-state index is 0.714. The highest BCUT2D eigenvalue weighted by Gasteiger charge is 2.33. The van der Waals surface area contributed by atoms with Crippen molar-refractivity contribution in [3.63, 3.8) is 0 Å². The van der Waals surface area contributed by atoms with E-state index in [1.54, 1.807) is 0 Å². The van der Waals surface area contributed by atoms with E-state index in [1.807, 2.05) is 18.2 Å². The van der Waals surface area contributed by atoms with Crippen molar-refractivity contribution in [1.82, 2.24) is 5.32 Å². The molecule has 0 bridgehead atoms. The standard InChI is InChI=1S/C13H19NO/c1-2-12-13(14-12)8-9-15-10-11-6-4-3-5-7-11/h3-7,12-14H,2,8-10H2,1H3/t12-,13-/m0/s1. The summed E-state index contributed by atoms with van der Waals surface area (Å²) >= 11 is 0. The summed E-state index contributed by atoms with van der Waals surface area (Å²) in [5.41, 5.74) is 1.26. The van der Waals surface area contributed by atoms with E-state index in [2.05, 4.69) is 24.4 Å². The lowest BCUT2D eigenvalue weighted by molar-refractivity contribution is 0.118. The van der Waals surface area contributed by atoms with E-state index < -0.39 is 0 Å². The Labute approximate surface area is 91.6 Å². The van der Waals surface area contributed by atoms with Crippen LogP contribution in [0.5, 0.6) is 0 Å². The van der Waals surface area contributed by atoms with Gasteiger partial charge >= 0.3 is 0 Å². The van der Waals surface area contributed by atoms with E-state index in [1.165, 1.54) is 12.0 Å². The first-order chi connectivity index (χ1) is 7.40. The van der Waals surface area contributed by atoms with Gasteiger partial charge in [0.1, 0.15) is 0 Å². The smallest absolute Gasteiger partial charge is 0.0716 e. The zero-order valence-electron chi connectivity index (χ0n) is 9.28. The summed E-state index contributed by atoms with van der Waals surface area (Å²) in [6.07, 6.45) is 2.38. The number of hydrogen-bond donors (Lipinski definition) is 1. The Balaban J connectivity index is 1.56. The van der Waals surface area contributed by atoms with Crippen LogP contribution < -0.4 is 5.32 Å². The first-order valence-electron chi connectivity index (χ1n) is 5.78. The SMILES string of the molecule is CC[C@@H]1N[C@H]1CCOCc1ccccc1. The van der Waals surface area contributed by atoms with Gasteiger partial charge in [-0.3, -0.25) is 0 Å². The van der Waals surface area contributed by atoms with Crippen LogP contribution in [0.3, 0.4) is 0 Å². The van der Waals surface area contributed by atoms with Gasteiger partial charge in [-0.15, -0.1) is 0 Å². The summed E-state index contributed by atoms with van der Waals surface area (Å²) in [5.74, 6) is 0. The molecule has 2 heteroatoms. The Bertz CT molecular complexity index is 286. The van der Waals surface area contributed by atoms with Crippen molar-refractivity contribution in [3.05, 3.63) is 35.9 Å². The van der Waals surface area contributed by atoms with E-state index in [0.29, 0.717) is 6.04 Å². The van der Waals surface area contributed by atoms with Gasteiger partial charge in [0.05, 0.1) is 6.61 Å². The second-order valence-electron chi connectivity index (χ2n) is 4.11. The van der Waals surface area contributed by atoms with Crippen LogP contribution in [-0.2, 0) is 11.3 Å². The third-order valence-electron chi connectivity index (χ3n) is 2.93. The Kier molecular flexibility index (Phi) is 3.75. The highest BCUT2D eigenvalue weighted by atomic mass is 16.5. The molecule has 2 rings (SSSR count). The van der Waals surface area contributed by atoms with Crippen molar-refractivity contribution < 1.29 is 4.74 Å². The minimum Gasteiger partial charge on any atom is -0.377 e. The van der Waals surface area contributed by atoms with E-state index in [4.69, 9.17) is 4.74 Å². The number of ether oxygens (including phenoxy) is 1. The Morgan fingerprint density at radius 2 is 2.00 bits per heavy atom. The second kappa shape index (κ2) is 5.29. The Morgan fingerprint density at radius 1 is 1.20 bits per heavy atom. The maximum Gasteiger partial charge on any atom is 0.0716 e. The molecule has 1 aromatic carbocycles. The van der Waals surface area contributed by atoms with E-state index in [-0.39, 0.29) is 0 Å². The third kappa shape index (κ3) is 3.33. The molecule has 1 aromatic rings. The zero-order chi connectivity index (χ0) is 10.5. The largest absolute Gasteiger partial charge is 0.377 e. The van der Waals surface area contributed by atoms with Crippen molar-refractivity contribution in [3.8, 4) is 0 Å². The van der Waals surface area contributed by atoms with Crippen LogP contribution in [0.25, 0.3) is 0 Å². The first-order valence-corrected chi connectivity index (χ1v) is 5.78. The molecule has 0 saturated carbocycles. The molecule has 0 aromatic heterocycles. The number of nitrogens with one attached hydrogen (secondary N) is 1. The molecule has 0 spiro atoms. The van der Waals surface area contributed by atoms with Crippen LogP contribution in [0.15, 0.2) is 30.3 Å². The van der Waals surface area contributed by atoms with Crippen molar-refractivity contribution in [1.29, 1.82) is 0 Å². The highest BCUT2D eigenvalue weighted by Crippen LogP contribution is 2.17. The van der Waals surface area contributed by atoms with Gasteiger partial charge in [-0.2, -0.15) is 0 Å². The highest BCUT2D eigenvalue weighted by molar-refractivity contribution is 5.13. The molecule has 1 saturated heterocycles. The maximum absolute atomic E-state index is 5.62. The van der Waals surface area contributed by atoms with Gasteiger partial charge in [0, 0.05) is 18.7 Å². The molecule has 82 valence electrons. The van der Waals surface area contributed by atoms with Crippen LogP contribution in [-0.4, -0.2) is 18.7 Å². The molecule has 0 unspecified atom stereocenters. The van der Waals surface area contributed by atoms with Gasteiger partial charge in [-0.25, -0.2) is 0 Å². The zero-order valence-corrected chi connectivity index (χ0v) is 9.28. The van der Waals surface area contributed by atoms with Crippen LogP contribution in [0.2, 0.25) is 0 Å². The van der Waals surface area contributed by atoms with E-state index in [0.717, 1.165) is 25.7 Å². The summed E-state index contributed by atoms with van der Waals surface area (Å²) in [7, 11) is 0. The molecule has 1 fully saturated rings. The number of benzene rings is 1. The molecule has 0 radical (unpaired) electrons. The van der Waals surface area contributed by atoms with Gasteiger partial charge in [-0.1, -0.05) is 37.3 Å². The lowest BCUT2D eigenvalue weighted by atomic mass is 10.2. The van der Waals surface area contributed by atoms with Crippen molar-refractivity contribution >= 4 is 0 Å². The van der Waals surface area contributed by atoms with Gasteiger partial charge in [0.25, 0.3) is 0 Å². The summed E-state index contributed by atoms with van der Waals surface area (Å²) in [6, 6.07) is 11.8. The first kappa shape index (κ1) is 10.7. The second-order valence-corrected chi connectivity index (χ2v) is 4.11. The molecule has 1 aliphatic rings. The number of rotatable bonds is 6. The average Bonchev–Trinajstić information content (AvgIpc) is 3.05. The van der Waals surface area contributed by atoms with Crippen molar-refractivity contribution in [2.45, 2.75) is 38.5 Å². The van der Waals surface area contributed by atoms with Crippen molar-refractivity contribution in [2.75, 3.05) is 6.61 Å². The summed E-state index contributed by atoms with van der Waals surface area (Å²) in [5, 5.41) is 3.44. The molecule has 0 amide bonds.